The van der Waals surface area contributed by atoms with Crippen LogP contribution in [0.1, 0.15) is 13.3 Å². The number of methoxy groups -OCH3 is 1. The summed E-state index contributed by atoms with van der Waals surface area (Å²) >= 11 is 0. The average Bonchev–Trinajstić information content (AvgIpc) is 3.18. The van der Waals surface area contributed by atoms with Crippen LogP contribution in [0, 0.1) is 11.8 Å². The summed E-state index contributed by atoms with van der Waals surface area (Å²) in [5, 5.41) is 3.82. The van der Waals surface area contributed by atoms with Crippen molar-refractivity contribution in [2.75, 3.05) is 12.4 Å². The Morgan fingerprint density at radius 3 is 2.96 bits per heavy atom. The number of aromatic amines is 1. The highest BCUT2D eigenvalue weighted by atomic mass is 16.5. The van der Waals surface area contributed by atoms with Gasteiger partial charge >= 0.3 is 6.01 Å². The van der Waals surface area contributed by atoms with Gasteiger partial charge in [0.2, 0.25) is 5.91 Å². The number of carbonyl (C=O) groups is 1. The van der Waals surface area contributed by atoms with Crippen LogP contribution in [0.3, 0.4) is 0 Å². The molecule has 1 amide bonds. The number of carbonyl (C=O) groups excluding carboxylic acids is 1. The van der Waals surface area contributed by atoms with E-state index in [-0.39, 0.29) is 11.8 Å². The number of fused-ring (bicyclic) bond motifs is 1. The Bertz CT molecular complexity index is 920. The maximum atomic E-state index is 12.0. The second-order valence-corrected chi connectivity index (χ2v) is 6.08. The number of hydrogen-bond acceptors (Lipinski definition) is 5. The van der Waals surface area contributed by atoms with Gasteiger partial charge < -0.3 is 15.0 Å². The van der Waals surface area contributed by atoms with Gasteiger partial charge in [0.15, 0.2) is 0 Å². The average molecular weight is 323 g/mol. The fraction of sp³-hybridized carbons (Fsp3) is 0.294. The number of H-pyrrole nitrogens is 1. The standard InChI is InChI=1S/C17H17N5O2/c1-9-5-11(9)16(23)22-15-7-13-10(8-19-15)6-14(20-13)12-3-4-18-17(21-12)24-2/h3-4,6-9,11,20H,5H2,1-2H3,(H,19,22,23)/t9-,11-/m1/s1. The fourth-order valence-electron chi connectivity index (χ4n) is 2.73. The lowest BCUT2D eigenvalue weighted by molar-refractivity contribution is -0.117. The van der Waals surface area contributed by atoms with Crippen LogP contribution in [0.25, 0.3) is 22.3 Å². The van der Waals surface area contributed by atoms with E-state index in [0.29, 0.717) is 17.7 Å². The Morgan fingerprint density at radius 2 is 2.21 bits per heavy atom. The lowest BCUT2D eigenvalue weighted by atomic mass is 10.2. The van der Waals surface area contributed by atoms with Crippen molar-refractivity contribution < 1.29 is 9.53 Å². The van der Waals surface area contributed by atoms with E-state index >= 15 is 0 Å². The molecular formula is C17H17N5O2. The third kappa shape index (κ3) is 2.68. The van der Waals surface area contributed by atoms with E-state index in [9.17, 15) is 4.79 Å². The molecule has 0 unspecified atom stereocenters. The van der Waals surface area contributed by atoms with Crippen LogP contribution in [0.5, 0.6) is 6.01 Å². The van der Waals surface area contributed by atoms with Crippen molar-refractivity contribution in [3.8, 4) is 17.4 Å². The first-order chi connectivity index (χ1) is 11.6. The van der Waals surface area contributed by atoms with Gasteiger partial charge in [-0.05, 0) is 24.5 Å². The van der Waals surface area contributed by atoms with E-state index in [1.807, 2.05) is 12.1 Å². The smallest absolute Gasteiger partial charge is 0.316 e. The zero-order valence-electron chi connectivity index (χ0n) is 13.4. The monoisotopic (exact) mass is 323 g/mol. The van der Waals surface area contributed by atoms with Gasteiger partial charge in [0.25, 0.3) is 0 Å². The second kappa shape index (κ2) is 5.59. The lowest BCUT2D eigenvalue weighted by Crippen LogP contribution is -2.15. The maximum Gasteiger partial charge on any atom is 0.316 e. The van der Waals surface area contributed by atoms with Gasteiger partial charge in [-0.2, -0.15) is 4.98 Å². The Kier molecular flexibility index (Phi) is 3.41. The molecule has 7 heteroatoms. The molecule has 2 atom stereocenters. The number of anilines is 1. The molecule has 0 radical (unpaired) electrons. The van der Waals surface area contributed by atoms with E-state index in [4.69, 9.17) is 4.74 Å². The van der Waals surface area contributed by atoms with Gasteiger partial charge in [0, 0.05) is 29.8 Å². The topological polar surface area (TPSA) is 92.8 Å². The van der Waals surface area contributed by atoms with Crippen molar-refractivity contribution in [3.05, 3.63) is 30.6 Å². The molecule has 0 aliphatic heterocycles. The number of nitrogens with one attached hydrogen (secondary N) is 2. The molecule has 3 aromatic rings. The van der Waals surface area contributed by atoms with Crippen LogP contribution in [-0.2, 0) is 4.79 Å². The second-order valence-electron chi connectivity index (χ2n) is 6.08. The van der Waals surface area contributed by atoms with E-state index < -0.39 is 0 Å². The Labute approximate surface area is 138 Å². The molecule has 3 heterocycles. The van der Waals surface area contributed by atoms with Crippen LogP contribution in [0.2, 0.25) is 0 Å². The normalized spacial score (nSPS) is 19.2. The molecule has 4 rings (SSSR count). The van der Waals surface area contributed by atoms with Crippen molar-refractivity contribution in [3.63, 3.8) is 0 Å². The minimum absolute atomic E-state index is 0.0432. The van der Waals surface area contributed by atoms with E-state index in [0.717, 1.165) is 28.7 Å². The summed E-state index contributed by atoms with van der Waals surface area (Å²) in [6, 6.07) is 5.91. The maximum absolute atomic E-state index is 12.0. The van der Waals surface area contributed by atoms with Crippen LogP contribution in [0.4, 0.5) is 5.82 Å². The molecule has 24 heavy (non-hydrogen) atoms. The first kappa shape index (κ1) is 14.6. The summed E-state index contributed by atoms with van der Waals surface area (Å²) in [4.78, 5) is 28.0. The number of nitrogens with zero attached hydrogens (tertiary/aromatic N) is 3. The highest BCUT2D eigenvalue weighted by Crippen LogP contribution is 2.38. The van der Waals surface area contributed by atoms with Crippen LogP contribution < -0.4 is 10.1 Å². The SMILES string of the molecule is COc1nccc(-c2cc3cnc(NC(=O)[C@@H]4C[C@H]4C)cc3[nH]2)n1. The number of amides is 1. The van der Waals surface area contributed by atoms with Crippen molar-refractivity contribution in [1.82, 2.24) is 19.9 Å². The van der Waals surface area contributed by atoms with Crippen LogP contribution in [-0.4, -0.2) is 33.0 Å². The highest BCUT2D eigenvalue weighted by molar-refractivity contribution is 5.95. The number of pyridine rings is 1. The predicted octanol–water partition coefficient (Wildman–Crippen LogP) is 2.62. The van der Waals surface area contributed by atoms with E-state index in [1.54, 1.807) is 18.5 Å². The molecule has 7 nitrogen and oxygen atoms in total. The molecule has 1 fully saturated rings. The summed E-state index contributed by atoms with van der Waals surface area (Å²) < 4.78 is 5.05. The van der Waals surface area contributed by atoms with Crippen LogP contribution >= 0.6 is 0 Å². The fourth-order valence-corrected chi connectivity index (χ4v) is 2.73. The number of hydrogen-bond donors (Lipinski definition) is 2. The molecule has 2 N–H and O–H groups in total. The number of aromatic nitrogens is 4. The predicted molar refractivity (Wildman–Crippen MR) is 89.6 cm³/mol. The van der Waals surface area contributed by atoms with Gasteiger partial charge in [0.1, 0.15) is 5.82 Å². The van der Waals surface area contributed by atoms with Gasteiger partial charge in [-0.3, -0.25) is 4.79 Å². The first-order valence-corrected chi connectivity index (χ1v) is 7.81. The first-order valence-electron chi connectivity index (χ1n) is 7.81. The Balaban J connectivity index is 1.62. The lowest BCUT2D eigenvalue weighted by Gasteiger charge is -2.03. The molecule has 3 aromatic heterocycles. The Hall–Kier alpha value is -2.96. The quantitative estimate of drug-likeness (QED) is 0.770. The third-order valence-electron chi connectivity index (χ3n) is 4.29. The molecule has 0 spiro atoms. The molecule has 0 aromatic carbocycles. The summed E-state index contributed by atoms with van der Waals surface area (Å²) in [5.41, 5.74) is 2.46. The molecule has 1 aliphatic carbocycles. The molecule has 0 saturated heterocycles. The summed E-state index contributed by atoms with van der Waals surface area (Å²) in [5.74, 6) is 1.19. The van der Waals surface area contributed by atoms with Crippen molar-refractivity contribution in [1.29, 1.82) is 0 Å². The van der Waals surface area contributed by atoms with Gasteiger partial charge in [-0.25, -0.2) is 9.97 Å². The molecule has 0 bridgehead atoms. The minimum atomic E-state index is 0.0432. The van der Waals surface area contributed by atoms with Crippen molar-refractivity contribution in [2.45, 2.75) is 13.3 Å². The van der Waals surface area contributed by atoms with Crippen LogP contribution in [0.15, 0.2) is 30.6 Å². The van der Waals surface area contributed by atoms with Gasteiger partial charge in [-0.15, -0.1) is 0 Å². The molecule has 122 valence electrons. The summed E-state index contributed by atoms with van der Waals surface area (Å²) in [6.07, 6.45) is 4.34. The van der Waals surface area contributed by atoms with Crippen molar-refractivity contribution >= 4 is 22.6 Å². The molecule has 1 aliphatic rings. The molecular weight excluding hydrogens is 306 g/mol. The van der Waals surface area contributed by atoms with Gasteiger partial charge in [-0.1, -0.05) is 6.92 Å². The van der Waals surface area contributed by atoms with Crippen molar-refractivity contribution in [2.24, 2.45) is 11.8 Å². The number of ether oxygens (including phenoxy) is 1. The minimum Gasteiger partial charge on any atom is -0.467 e. The van der Waals surface area contributed by atoms with E-state index in [1.165, 1.54) is 7.11 Å². The highest BCUT2D eigenvalue weighted by Gasteiger charge is 2.39. The third-order valence-corrected chi connectivity index (χ3v) is 4.29. The summed E-state index contributed by atoms with van der Waals surface area (Å²) in [7, 11) is 1.53. The zero-order valence-corrected chi connectivity index (χ0v) is 13.4. The largest absolute Gasteiger partial charge is 0.467 e. The number of rotatable bonds is 4. The Morgan fingerprint density at radius 1 is 1.38 bits per heavy atom. The van der Waals surface area contributed by atoms with E-state index in [2.05, 4.69) is 32.2 Å². The van der Waals surface area contributed by atoms with Gasteiger partial charge in [0.05, 0.1) is 24.0 Å². The zero-order chi connectivity index (χ0) is 16.7. The summed E-state index contributed by atoms with van der Waals surface area (Å²) in [6.45, 7) is 2.08. The molecule has 1 saturated carbocycles.